The molecule has 0 saturated carbocycles. The summed E-state index contributed by atoms with van der Waals surface area (Å²) in [4.78, 5) is 10.3. The number of nitrogens with zero attached hydrogens (tertiary/aromatic N) is 2. The van der Waals surface area contributed by atoms with Gasteiger partial charge in [0.05, 0.1) is 23.5 Å². The first-order chi connectivity index (χ1) is 9.93. The van der Waals surface area contributed by atoms with Crippen LogP contribution in [0.5, 0.6) is 5.75 Å². The van der Waals surface area contributed by atoms with Gasteiger partial charge in [-0.3, -0.25) is 4.98 Å². The fourth-order valence-corrected chi connectivity index (χ4v) is 3.49. The highest BCUT2D eigenvalue weighted by atomic mass is 32.1. The Morgan fingerprint density at radius 3 is 2.57 bits per heavy atom. The number of nitrogens with one attached hydrogen (secondary N) is 1. The van der Waals surface area contributed by atoms with Gasteiger partial charge in [0.1, 0.15) is 5.75 Å². The topological polar surface area (TPSA) is 47.0 Å². The SMILES string of the molecule is COc1c(C)cnc(CNC(C)c2sc(C)nc2C)c1C. The van der Waals surface area contributed by atoms with Crippen LogP contribution in [0.1, 0.15) is 45.4 Å². The van der Waals surface area contributed by atoms with Crippen LogP contribution in [-0.2, 0) is 6.54 Å². The maximum absolute atomic E-state index is 5.45. The summed E-state index contributed by atoms with van der Waals surface area (Å²) in [7, 11) is 1.71. The summed E-state index contributed by atoms with van der Waals surface area (Å²) in [5.41, 5.74) is 4.32. The van der Waals surface area contributed by atoms with Gasteiger partial charge in [-0.05, 0) is 34.6 Å². The summed E-state index contributed by atoms with van der Waals surface area (Å²) < 4.78 is 5.45. The molecule has 2 aromatic rings. The maximum Gasteiger partial charge on any atom is 0.128 e. The lowest BCUT2D eigenvalue weighted by molar-refractivity contribution is 0.406. The molecule has 1 atom stereocenters. The predicted molar refractivity (Wildman–Crippen MR) is 87.1 cm³/mol. The molecule has 21 heavy (non-hydrogen) atoms. The van der Waals surface area contributed by atoms with Crippen molar-refractivity contribution in [2.75, 3.05) is 7.11 Å². The van der Waals surface area contributed by atoms with E-state index < -0.39 is 0 Å². The molecule has 0 aliphatic rings. The normalized spacial score (nSPS) is 12.5. The summed E-state index contributed by atoms with van der Waals surface area (Å²) in [5, 5.41) is 4.65. The van der Waals surface area contributed by atoms with E-state index in [0.717, 1.165) is 39.8 Å². The zero-order chi connectivity index (χ0) is 15.6. The molecule has 1 unspecified atom stereocenters. The van der Waals surface area contributed by atoms with Crippen molar-refractivity contribution in [3.05, 3.63) is 38.6 Å². The smallest absolute Gasteiger partial charge is 0.128 e. The number of hydrogen-bond donors (Lipinski definition) is 1. The molecular weight excluding hydrogens is 282 g/mol. The van der Waals surface area contributed by atoms with Crippen molar-refractivity contribution in [3.8, 4) is 5.75 Å². The van der Waals surface area contributed by atoms with E-state index in [9.17, 15) is 0 Å². The first kappa shape index (κ1) is 15.9. The fourth-order valence-electron chi connectivity index (χ4n) is 2.54. The zero-order valence-electron chi connectivity index (χ0n) is 13.6. The largest absolute Gasteiger partial charge is 0.496 e. The summed E-state index contributed by atoms with van der Waals surface area (Å²) in [6.45, 7) is 11.1. The molecule has 0 bridgehead atoms. The highest BCUT2D eigenvalue weighted by Crippen LogP contribution is 2.26. The number of aromatic nitrogens is 2. The standard InChI is InChI=1S/C16H23N3OS/c1-9-7-18-14(10(2)15(9)20-6)8-17-11(3)16-12(4)19-13(5)21-16/h7,11,17H,8H2,1-6H3. The quantitative estimate of drug-likeness (QED) is 0.916. The van der Waals surface area contributed by atoms with Crippen molar-refractivity contribution in [1.82, 2.24) is 15.3 Å². The van der Waals surface area contributed by atoms with E-state index in [0.29, 0.717) is 0 Å². The molecule has 1 N–H and O–H groups in total. The molecule has 0 fully saturated rings. The number of ether oxygens (including phenoxy) is 1. The van der Waals surface area contributed by atoms with E-state index in [2.05, 4.69) is 36.1 Å². The summed E-state index contributed by atoms with van der Waals surface area (Å²) in [6, 6.07) is 0.268. The Bertz CT molecular complexity index is 637. The van der Waals surface area contributed by atoms with E-state index in [1.807, 2.05) is 20.0 Å². The monoisotopic (exact) mass is 305 g/mol. The van der Waals surface area contributed by atoms with Crippen LogP contribution in [0.4, 0.5) is 0 Å². The average molecular weight is 305 g/mol. The summed E-state index contributed by atoms with van der Waals surface area (Å²) in [6.07, 6.45) is 1.87. The second-order valence-electron chi connectivity index (χ2n) is 5.33. The van der Waals surface area contributed by atoms with Crippen LogP contribution in [-0.4, -0.2) is 17.1 Å². The van der Waals surface area contributed by atoms with Gasteiger partial charge in [-0.25, -0.2) is 4.98 Å². The van der Waals surface area contributed by atoms with Crippen LogP contribution >= 0.6 is 11.3 Å². The van der Waals surface area contributed by atoms with Crippen LogP contribution in [0.15, 0.2) is 6.20 Å². The third-order valence-electron chi connectivity index (χ3n) is 3.66. The first-order valence-electron chi connectivity index (χ1n) is 7.10. The van der Waals surface area contributed by atoms with E-state index in [1.165, 1.54) is 4.88 Å². The highest BCUT2D eigenvalue weighted by Gasteiger charge is 2.14. The lowest BCUT2D eigenvalue weighted by atomic mass is 10.1. The second-order valence-corrected chi connectivity index (χ2v) is 6.57. The third kappa shape index (κ3) is 3.41. The number of pyridine rings is 1. The van der Waals surface area contributed by atoms with Gasteiger partial charge in [0.25, 0.3) is 0 Å². The van der Waals surface area contributed by atoms with Crippen LogP contribution in [0, 0.1) is 27.7 Å². The molecule has 0 saturated heterocycles. The number of thiazole rings is 1. The van der Waals surface area contributed by atoms with Gasteiger partial charge in [0.15, 0.2) is 0 Å². The molecule has 0 amide bonds. The minimum atomic E-state index is 0.268. The van der Waals surface area contributed by atoms with E-state index in [-0.39, 0.29) is 6.04 Å². The highest BCUT2D eigenvalue weighted by molar-refractivity contribution is 7.11. The fraction of sp³-hybridized carbons (Fsp3) is 0.500. The van der Waals surface area contributed by atoms with Gasteiger partial charge in [-0.15, -0.1) is 11.3 Å². The van der Waals surface area contributed by atoms with E-state index in [4.69, 9.17) is 4.74 Å². The van der Waals surface area contributed by atoms with Gasteiger partial charge in [-0.2, -0.15) is 0 Å². The Morgan fingerprint density at radius 2 is 2.00 bits per heavy atom. The van der Waals surface area contributed by atoms with Crippen LogP contribution in [0.25, 0.3) is 0 Å². The number of hydrogen-bond acceptors (Lipinski definition) is 5. The molecule has 2 heterocycles. The molecule has 5 heteroatoms. The van der Waals surface area contributed by atoms with E-state index >= 15 is 0 Å². The second kappa shape index (κ2) is 6.54. The van der Waals surface area contributed by atoms with Crippen LogP contribution in [0.2, 0.25) is 0 Å². The Labute approximate surface area is 130 Å². The lowest BCUT2D eigenvalue weighted by Crippen LogP contribution is -2.19. The Kier molecular flexibility index (Phi) is 4.96. The van der Waals surface area contributed by atoms with Gasteiger partial charge in [-0.1, -0.05) is 0 Å². The summed E-state index contributed by atoms with van der Waals surface area (Å²) in [5.74, 6) is 0.930. The maximum atomic E-state index is 5.45. The summed E-state index contributed by atoms with van der Waals surface area (Å²) >= 11 is 1.75. The van der Waals surface area contributed by atoms with Gasteiger partial charge >= 0.3 is 0 Å². The minimum Gasteiger partial charge on any atom is -0.496 e. The van der Waals surface area contributed by atoms with Crippen molar-refractivity contribution in [2.24, 2.45) is 0 Å². The number of aryl methyl sites for hydroxylation is 3. The number of methoxy groups -OCH3 is 1. The zero-order valence-corrected chi connectivity index (χ0v) is 14.4. The molecule has 114 valence electrons. The Morgan fingerprint density at radius 1 is 1.29 bits per heavy atom. The van der Waals surface area contributed by atoms with Crippen molar-refractivity contribution in [3.63, 3.8) is 0 Å². The molecule has 2 rings (SSSR count). The van der Waals surface area contributed by atoms with Gasteiger partial charge in [0, 0.05) is 34.8 Å². The van der Waals surface area contributed by atoms with E-state index in [1.54, 1.807) is 18.4 Å². The molecule has 0 aliphatic heterocycles. The van der Waals surface area contributed by atoms with Crippen molar-refractivity contribution in [1.29, 1.82) is 0 Å². The predicted octanol–water partition coefficient (Wildman–Crippen LogP) is 3.63. The molecule has 4 nitrogen and oxygen atoms in total. The molecule has 0 aromatic carbocycles. The van der Waals surface area contributed by atoms with Gasteiger partial charge < -0.3 is 10.1 Å². The average Bonchev–Trinajstić information content (AvgIpc) is 2.77. The lowest BCUT2D eigenvalue weighted by Gasteiger charge is -2.16. The minimum absolute atomic E-state index is 0.268. The van der Waals surface area contributed by atoms with Gasteiger partial charge in [0.2, 0.25) is 0 Å². The molecule has 2 aromatic heterocycles. The molecule has 0 radical (unpaired) electrons. The Hall–Kier alpha value is -1.46. The van der Waals surface area contributed by atoms with Crippen LogP contribution < -0.4 is 10.1 Å². The Balaban J connectivity index is 2.11. The molecular formula is C16H23N3OS. The van der Waals surface area contributed by atoms with Crippen molar-refractivity contribution < 1.29 is 4.74 Å². The number of rotatable bonds is 5. The third-order valence-corrected chi connectivity index (χ3v) is 4.91. The molecule has 0 spiro atoms. The van der Waals surface area contributed by atoms with Crippen LogP contribution in [0.3, 0.4) is 0 Å². The first-order valence-corrected chi connectivity index (χ1v) is 7.92. The van der Waals surface area contributed by atoms with Crippen molar-refractivity contribution >= 4 is 11.3 Å². The molecule has 0 aliphatic carbocycles. The van der Waals surface area contributed by atoms with Crippen molar-refractivity contribution in [2.45, 2.75) is 47.2 Å².